The van der Waals surface area contributed by atoms with Gasteiger partial charge in [0.15, 0.2) is 10.8 Å². The van der Waals surface area contributed by atoms with Gasteiger partial charge in [-0.1, -0.05) is 17.4 Å². The summed E-state index contributed by atoms with van der Waals surface area (Å²) in [7, 11) is 0. The van der Waals surface area contributed by atoms with Crippen molar-refractivity contribution in [1.29, 1.82) is 0 Å². The van der Waals surface area contributed by atoms with E-state index in [1.54, 1.807) is 18.3 Å². The number of pyridine rings is 1. The Morgan fingerprint density at radius 2 is 2.00 bits per heavy atom. The number of halogens is 2. The van der Waals surface area contributed by atoms with Crippen molar-refractivity contribution < 1.29 is 23.5 Å². The predicted octanol–water partition coefficient (Wildman–Crippen LogP) is 3.76. The molecule has 0 spiro atoms. The van der Waals surface area contributed by atoms with Gasteiger partial charge >= 0.3 is 5.97 Å². The molecule has 1 fully saturated rings. The number of nitrogens with zero attached hydrogens (tertiary/aromatic N) is 2. The van der Waals surface area contributed by atoms with Gasteiger partial charge in [0, 0.05) is 23.2 Å². The van der Waals surface area contributed by atoms with Gasteiger partial charge in [0.25, 0.3) is 5.91 Å². The fraction of sp³-hybridized carbons (Fsp3) is 0.200. The molecule has 1 aromatic carbocycles. The average Bonchev–Trinajstić information content (AvgIpc) is 3.43. The average molecular weight is 445 g/mol. The highest BCUT2D eigenvalue weighted by Crippen LogP contribution is 2.25. The van der Waals surface area contributed by atoms with Crippen molar-refractivity contribution in [3.05, 3.63) is 64.3 Å². The van der Waals surface area contributed by atoms with Crippen molar-refractivity contribution in [1.82, 2.24) is 15.3 Å². The molecule has 0 radical (unpaired) electrons. The summed E-state index contributed by atoms with van der Waals surface area (Å²) in [6.45, 7) is 0.189. The van der Waals surface area contributed by atoms with Crippen LogP contribution in [0.1, 0.15) is 38.6 Å². The number of rotatable bonds is 8. The second kappa shape index (κ2) is 8.64. The number of anilines is 3. The summed E-state index contributed by atoms with van der Waals surface area (Å²) < 4.78 is 28.2. The van der Waals surface area contributed by atoms with Crippen molar-refractivity contribution in [3.63, 3.8) is 0 Å². The molecule has 0 unspecified atom stereocenters. The van der Waals surface area contributed by atoms with Crippen LogP contribution < -0.4 is 16.0 Å². The number of hydrogen-bond donors (Lipinski definition) is 4. The van der Waals surface area contributed by atoms with Gasteiger partial charge in [-0.15, -0.1) is 0 Å². The number of nitrogens with one attached hydrogen (secondary N) is 3. The summed E-state index contributed by atoms with van der Waals surface area (Å²) in [6, 6.07) is 6.44. The summed E-state index contributed by atoms with van der Waals surface area (Å²) in [5.74, 6) is -3.10. The molecule has 2 heterocycles. The molecule has 1 amide bonds. The van der Waals surface area contributed by atoms with Crippen LogP contribution in [0.3, 0.4) is 0 Å². The molecular formula is C20H17F2N5O3S. The van der Waals surface area contributed by atoms with Crippen molar-refractivity contribution in [2.45, 2.75) is 25.4 Å². The lowest BCUT2D eigenvalue weighted by atomic mass is 10.1. The Bertz CT molecular complexity index is 1150. The van der Waals surface area contributed by atoms with Gasteiger partial charge in [0.05, 0.1) is 17.8 Å². The lowest BCUT2D eigenvalue weighted by molar-refractivity contribution is 0.0690. The summed E-state index contributed by atoms with van der Waals surface area (Å²) in [4.78, 5) is 32.0. The van der Waals surface area contributed by atoms with Crippen LogP contribution >= 0.6 is 11.3 Å². The number of carbonyl (C=O) groups is 2. The van der Waals surface area contributed by atoms with Crippen molar-refractivity contribution in [2.24, 2.45) is 0 Å². The smallest absolute Gasteiger partial charge is 0.354 e. The summed E-state index contributed by atoms with van der Waals surface area (Å²) in [5.41, 5.74) is -0.315. The Hall–Kier alpha value is -3.60. The van der Waals surface area contributed by atoms with Gasteiger partial charge in [-0.25, -0.2) is 23.5 Å². The van der Waals surface area contributed by atoms with E-state index in [0.717, 1.165) is 23.8 Å². The third-order valence-electron chi connectivity index (χ3n) is 4.42. The standard InChI is InChI=1S/C20H17F2N5O3S/c21-13-7-14(22)16(6-12(13)18(28)25-10-4-5-10)23-8-11-9-24-20(31-11)27-17-3-1-2-15(26-17)19(29)30/h1-3,6-7,9-10,23H,4-5,8H2,(H,25,28)(H,29,30)(H,24,26,27). The molecule has 0 bridgehead atoms. The van der Waals surface area contributed by atoms with Crippen LogP contribution in [0.25, 0.3) is 0 Å². The van der Waals surface area contributed by atoms with E-state index in [9.17, 15) is 18.4 Å². The first kappa shape index (κ1) is 20.7. The number of carboxylic acid groups (broad SMARTS) is 1. The van der Waals surface area contributed by atoms with E-state index in [1.807, 2.05) is 0 Å². The molecule has 1 aliphatic carbocycles. The molecule has 4 N–H and O–H groups in total. The highest BCUT2D eigenvalue weighted by molar-refractivity contribution is 7.15. The topological polar surface area (TPSA) is 116 Å². The van der Waals surface area contributed by atoms with Gasteiger partial charge in [-0.3, -0.25) is 4.79 Å². The van der Waals surface area contributed by atoms with Crippen LogP contribution in [0, 0.1) is 11.6 Å². The summed E-state index contributed by atoms with van der Waals surface area (Å²) in [5, 5.41) is 17.9. The Morgan fingerprint density at radius 3 is 2.74 bits per heavy atom. The monoisotopic (exact) mass is 445 g/mol. The summed E-state index contributed by atoms with van der Waals surface area (Å²) in [6.07, 6.45) is 3.28. The van der Waals surface area contributed by atoms with E-state index in [-0.39, 0.29) is 29.5 Å². The Balaban J connectivity index is 1.42. The molecule has 3 aromatic rings. The molecular weight excluding hydrogens is 428 g/mol. The van der Waals surface area contributed by atoms with E-state index in [1.165, 1.54) is 17.4 Å². The molecule has 31 heavy (non-hydrogen) atoms. The van der Waals surface area contributed by atoms with Gasteiger partial charge in [0.2, 0.25) is 0 Å². The third kappa shape index (κ3) is 5.12. The lowest BCUT2D eigenvalue weighted by Gasteiger charge is -2.10. The third-order valence-corrected chi connectivity index (χ3v) is 5.34. The van der Waals surface area contributed by atoms with Crippen LogP contribution in [0.2, 0.25) is 0 Å². The van der Waals surface area contributed by atoms with Gasteiger partial charge in [-0.2, -0.15) is 0 Å². The van der Waals surface area contributed by atoms with Crippen molar-refractivity contribution in [3.8, 4) is 0 Å². The molecule has 11 heteroatoms. The van der Waals surface area contributed by atoms with Crippen molar-refractivity contribution >= 4 is 39.9 Å². The predicted molar refractivity (Wildman–Crippen MR) is 111 cm³/mol. The highest BCUT2D eigenvalue weighted by Gasteiger charge is 2.25. The maximum atomic E-state index is 14.2. The number of carbonyl (C=O) groups excluding carboxylic acids is 1. The molecule has 4 rings (SSSR count). The first-order valence-electron chi connectivity index (χ1n) is 9.35. The molecule has 1 aliphatic rings. The summed E-state index contributed by atoms with van der Waals surface area (Å²) >= 11 is 1.25. The van der Waals surface area contributed by atoms with Crippen LogP contribution in [-0.4, -0.2) is 33.0 Å². The zero-order valence-electron chi connectivity index (χ0n) is 16.0. The number of amides is 1. The number of thiazole rings is 1. The van der Waals surface area contributed by atoms with Crippen LogP contribution in [-0.2, 0) is 6.54 Å². The fourth-order valence-corrected chi connectivity index (χ4v) is 3.47. The SMILES string of the molecule is O=C(O)c1cccc(Nc2ncc(CNc3cc(C(=O)NC4CC4)c(F)cc3F)s2)n1. The number of aromatic nitrogens is 2. The maximum absolute atomic E-state index is 14.2. The minimum Gasteiger partial charge on any atom is -0.477 e. The largest absolute Gasteiger partial charge is 0.477 e. The second-order valence-corrected chi connectivity index (χ2v) is 8.00. The first-order valence-corrected chi connectivity index (χ1v) is 10.2. The molecule has 2 aromatic heterocycles. The zero-order chi connectivity index (χ0) is 22.0. The molecule has 0 aliphatic heterocycles. The highest BCUT2D eigenvalue weighted by atomic mass is 32.1. The van der Waals surface area contributed by atoms with Crippen LogP contribution in [0.4, 0.5) is 25.4 Å². The minimum atomic E-state index is -1.14. The van der Waals surface area contributed by atoms with Gasteiger partial charge in [0.1, 0.15) is 17.5 Å². The number of aromatic carboxylic acids is 1. The fourth-order valence-electron chi connectivity index (χ4n) is 2.71. The van der Waals surface area contributed by atoms with E-state index < -0.39 is 23.5 Å². The van der Waals surface area contributed by atoms with Gasteiger partial charge < -0.3 is 21.1 Å². The molecule has 0 atom stereocenters. The number of benzene rings is 1. The maximum Gasteiger partial charge on any atom is 0.354 e. The molecule has 0 saturated heterocycles. The first-order chi connectivity index (χ1) is 14.9. The van der Waals surface area contributed by atoms with Crippen LogP contribution in [0.5, 0.6) is 0 Å². The zero-order valence-corrected chi connectivity index (χ0v) is 16.8. The van der Waals surface area contributed by atoms with Gasteiger partial charge in [-0.05, 0) is 31.0 Å². The van der Waals surface area contributed by atoms with Crippen LogP contribution in [0.15, 0.2) is 36.5 Å². The quantitative estimate of drug-likeness (QED) is 0.417. The van der Waals surface area contributed by atoms with Crippen molar-refractivity contribution in [2.75, 3.05) is 10.6 Å². The van der Waals surface area contributed by atoms with E-state index >= 15 is 0 Å². The molecule has 1 saturated carbocycles. The Kier molecular flexibility index (Phi) is 5.76. The minimum absolute atomic E-state index is 0.00100. The molecule has 160 valence electrons. The molecule has 8 nitrogen and oxygen atoms in total. The number of carboxylic acids is 1. The van der Waals surface area contributed by atoms with E-state index in [4.69, 9.17) is 5.11 Å². The van der Waals surface area contributed by atoms with E-state index in [0.29, 0.717) is 17.0 Å². The Labute approximate surface area is 179 Å². The number of hydrogen-bond acceptors (Lipinski definition) is 7. The lowest BCUT2D eigenvalue weighted by Crippen LogP contribution is -2.26. The second-order valence-electron chi connectivity index (χ2n) is 6.88. The Morgan fingerprint density at radius 1 is 1.19 bits per heavy atom. The normalized spacial score (nSPS) is 13.0. The van der Waals surface area contributed by atoms with E-state index in [2.05, 4.69) is 25.9 Å².